The molecule has 2 aromatic rings. The van der Waals surface area contributed by atoms with Crippen LogP contribution < -0.4 is 15.4 Å². The minimum atomic E-state index is -0.0291. The summed E-state index contributed by atoms with van der Waals surface area (Å²) >= 11 is 5.48. The van der Waals surface area contributed by atoms with E-state index in [0.29, 0.717) is 23.8 Å². The van der Waals surface area contributed by atoms with Crippen LogP contribution in [0.15, 0.2) is 41.0 Å². The number of rotatable bonds is 4. The molecule has 4 bridgehead atoms. The Morgan fingerprint density at radius 1 is 1.07 bits per heavy atom. The van der Waals surface area contributed by atoms with Crippen LogP contribution in [-0.4, -0.2) is 46.8 Å². The van der Waals surface area contributed by atoms with Gasteiger partial charge in [-0.1, -0.05) is 57.3 Å². The number of halogens is 1. The van der Waals surface area contributed by atoms with E-state index in [4.69, 9.17) is 9.72 Å². The highest BCUT2D eigenvalue weighted by molar-refractivity contribution is 9.10. The zero-order chi connectivity index (χ0) is 28.3. The predicted octanol–water partition coefficient (Wildman–Crippen LogP) is 6.83. The number of hydrogen-bond acceptors (Lipinski definition) is 7. The van der Waals surface area contributed by atoms with Gasteiger partial charge in [-0.2, -0.15) is 0 Å². The van der Waals surface area contributed by atoms with E-state index in [9.17, 15) is 0 Å². The molecule has 8 heteroatoms. The first-order valence-electron chi connectivity index (χ1n) is 15.1. The monoisotopic (exact) mass is 629 g/mol. The Morgan fingerprint density at radius 2 is 1.88 bits per heavy atom. The maximum absolute atomic E-state index is 6.84. The third-order valence-electron chi connectivity index (χ3n) is 8.65. The highest BCUT2D eigenvalue weighted by Crippen LogP contribution is 2.35. The molecule has 3 heterocycles. The minimum Gasteiger partial charge on any atom is -0.362 e. The zero-order valence-corrected chi connectivity index (χ0v) is 27.3. The van der Waals surface area contributed by atoms with Crippen molar-refractivity contribution in [3.8, 4) is 0 Å². The average molecular weight is 631 g/mol. The number of aromatic nitrogens is 1. The van der Waals surface area contributed by atoms with Crippen molar-refractivity contribution in [2.75, 3.05) is 13.2 Å². The molecular formula is C32H48BrN5OS. The van der Waals surface area contributed by atoms with Gasteiger partial charge in [0, 0.05) is 47.5 Å². The van der Waals surface area contributed by atoms with E-state index in [-0.39, 0.29) is 24.0 Å². The van der Waals surface area contributed by atoms with E-state index in [1.807, 2.05) is 18.1 Å². The number of ether oxygens (including phenoxy) is 1. The van der Waals surface area contributed by atoms with Gasteiger partial charge >= 0.3 is 0 Å². The largest absolute Gasteiger partial charge is 0.362 e. The number of hydrogen-bond donors (Lipinski definition) is 3. The second-order valence-corrected chi connectivity index (χ2v) is 15.4. The maximum atomic E-state index is 6.84. The second kappa shape index (κ2) is 13.5. The number of aryl methyl sites for hydroxylation is 2. The quantitative estimate of drug-likeness (QED) is 0.320. The molecule has 3 aliphatic rings. The number of pyridine rings is 1. The molecule has 220 valence electrons. The van der Waals surface area contributed by atoms with E-state index in [0.717, 1.165) is 36.1 Å². The van der Waals surface area contributed by atoms with Gasteiger partial charge in [-0.15, -0.1) is 0 Å². The second-order valence-electron chi connectivity index (χ2n) is 13.4. The molecule has 6 nitrogen and oxygen atoms in total. The van der Waals surface area contributed by atoms with E-state index in [1.165, 1.54) is 42.4 Å². The summed E-state index contributed by atoms with van der Waals surface area (Å²) in [6.45, 7) is 14.2. The van der Waals surface area contributed by atoms with Crippen LogP contribution in [0, 0.1) is 25.2 Å². The van der Waals surface area contributed by atoms with Crippen molar-refractivity contribution in [1.29, 1.82) is 0 Å². The predicted molar refractivity (Wildman–Crippen MR) is 170 cm³/mol. The van der Waals surface area contributed by atoms with E-state index in [2.05, 4.69) is 101 Å². The average Bonchev–Trinajstić information content (AvgIpc) is 2.90. The lowest BCUT2D eigenvalue weighted by atomic mass is 9.85. The fraction of sp³-hybridized carbons (Fsp3) is 0.656. The molecule has 0 amide bonds. The standard InChI is InChI=1S/C32H48BrN5OS/c1-21-8-6-9-22(2)30(21)28-15-29-36-31(35-28)37-40-27-11-7-10-23(14-27)18-38(19-25-13-12-24(33)17-34-25)26(20-39-29)16-32(3,4)5/h6,8-9,12-13,17,23,26-29,31,35-37H,7,10-11,14-16,18-20H2,1-5H3/t23?,26-,27?,28?,29?,31?/m1/s1. The van der Waals surface area contributed by atoms with Crippen molar-refractivity contribution in [3.05, 3.63) is 63.4 Å². The number of fused-ring (bicyclic) bond motifs is 4. The lowest BCUT2D eigenvalue weighted by Crippen LogP contribution is -2.61. The lowest BCUT2D eigenvalue weighted by Gasteiger charge is -2.41. The number of benzene rings is 1. The van der Waals surface area contributed by atoms with Gasteiger partial charge < -0.3 is 4.74 Å². The minimum absolute atomic E-state index is 0.00183. The van der Waals surface area contributed by atoms with Crippen LogP contribution in [-0.2, 0) is 11.3 Å². The highest BCUT2D eigenvalue weighted by atomic mass is 79.9. The van der Waals surface area contributed by atoms with Crippen LogP contribution in [0.3, 0.4) is 0 Å². The van der Waals surface area contributed by atoms with Gasteiger partial charge in [0.15, 0.2) is 0 Å². The summed E-state index contributed by atoms with van der Waals surface area (Å²) in [7, 11) is 0. The molecule has 1 aromatic heterocycles. The highest BCUT2D eigenvalue weighted by Gasteiger charge is 2.35. The topological polar surface area (TPSA) is 61.5 Å². The van der Waals surface area contributed by atoms with Gasteiger partial charge in [0.25, 0.3) is 0 Å². The molecule has 5 rings (SSSR count). The van der Waals surface area contributed by atoms with Crippen LogP contribution in [0.4, 0.5) is 0 Å². The molecule has 1 saturated carbocycles. The zero-order valence-electron chi connectivity index (χ0n) is 24.9. The Hall–Kier alpha value is -1.00. The van der Waals surface area contributed by atoms with Gasteiger partial charge in [-0.3, -0.25) is 20.5 Å². The summed E-state index contributed by atoms with van der Waals surface area (Å²) < 4.78 is 11.6. The van der Waals surface area contributed by atoms with Gasteiger partial charge in [-0.25, -0.2) is 4.72 Å². The first kappa shape index (κ1) is 30.5. The third kappa shape index (κ3) is 8.30. The molecule has 40 heavy (non-hydrogen) atoms. The van der Waals surface area contributed by atoms with Gasteiger partial charge in [0.1, 0.15) is 12.5 Å². The van der Waals surface area contributed by atoms with Crippen LogP contribution in [0.1, 0.15) is 87.7 Å². The van der Waals surface area contributed by atoms with Crippen LogP contribution in [0.5, 0.6) is 0 Å². The summed E-state index contributed by atoms with van der Waals surface area (Å²) in [5.41, 5.74) is 5.42. The Morgan fingerprint density at radius 3 is 2.60 bits per heavy atom. The number of nitrogens with zero attached hydrogens (tertiary/aromatic N) is 2. The Labute approximate surface area is 254 Å². The summed E-state index contributed by atoms with van der Waals surface area (Å²) in [6, 6.07) is 11.5. The normalized spacial score (nSPS) is 30.6. The van der Waals surface area contributed by atoms with Crippen molar-refractivity contribution in [1.82, 2.24) is 25.2 Å². The Bertz CT molecular complexity index is 1090. The molecule has 6 atom stereocenters. The van der Waals surface area contributed by atoms with Gasteiger partial charge in [0.2, 0.25) is 0 Å². The third-order valence-corrected chi connectivity index (χ3v) is 10.3. The van der Waals surface area contributed by atoms with Crippen LogP contribution in [0.25, 0.3) is 0 Å². The maximum Gasteiger partial charge on any atom is 0.123 e. The fourth-order valence-corrected chi connectivity index (χ4v) is 8.19. The summed E-state index contributed by atoms with van der Waals surface area (Å²) in [6.07, 6.45) is 9.02. The van der Waals surface area contributed by atoms with Gasteiger partial charge in [0.05, 0.1) is 12.3 Å². The fourth-order valence-electron chi connectivity index (χ4n) is 6.84. The molecule has 5 unspecified atom stereocenters. The molecule has 3 fully saturated rings. The van der Waals surface area contributed by atoms with Crippen molar-refractivity contribution in [2.45, 2.75) is 110 Å². The molecule has 1 aliphatic carbocycles. The first-order chi connectivity index (χ1) is 19.1. The number of nitrogens with one attached hydrogen (secondary N) is 3. The van der Waals surface area contributed by atoms with Gasteiger partial charge in [-0.05, 0) is 95.6 Å². The van der Waals surface area contributed by atoms with E-state index in [1.54, 1.807) is 0 Å². The first-order valence-corrected chi connectivity index (χ1v) is 16.8. The SMILES string of the molecule is Cc1cccc(C)c1C1CC2NC(NSC3CCCC(C3)CN(Cc3ccc(Br)cn3)[C@H](CC(C)(C)C)CO2)N1. The molecule has 1 aromatic carbocycles. The lowest BCUT2D eigenvalue weighted by molar-refractivity contribution is -0.0515. The smallest absolute Gasteiger partial charge is 0.123 e. The summed E-state index contributed by atoms with van der Waals surface area (Å²) in [5.74, 6) is 0.689. The van der Waals surface area contributed by atoms with Crippen LogP contribution >= 0.6 is 27.9 Å². The molecule has 2 aliphatic heterocycles. The van der Waals surface area contributed by atoms with Crippen molar-refractivity contribution < 1.29 is 4.74 Å². The molecule has 2 saturated heterocycles. The van der Waals surface area contributed by atoms with Crippen molar-refractivity contribution >= 4 is 27.9 Å². The van der Waals surface area contributed by atoms with E-state index < -0.39 is 0 Å². The summed E-state index contributed by atoms with van der Waals surface area (Å²) in [4.78, 5) is 7.47. The molecule has 0 spiro atoms. The molecular weight excluding hydrogens is 582 g/mol. The molecule has 0 radical (unpaired) electrons. The molecule has 3 N–H and O–H groups in total. The van der Waals surface area contributed by atoms with Crippen molar-refractivity contribution in [3.63, 3.8) is 0 Å². The summed E-state index contributed by atoms with van der Waals surface area (Å²) in [5, 5.41) is 8.25. The van der Waals surface area contributed by atoms with E-state index >= 15 is 0 Å². The Kier molecular flexibility index (Phi) is 10.3. The van der Waals surface area contributed by atoms with Crippen molar-refractivity contribution in [2.24, 2.45) is 11.3 Å². The Balaban J connectivity index is 1.43. The van der Waals surface area contributed by atoms with Crippen LogP contribution in [0.2, 0.25) is 0 Å².